The van der Waals surface area contributed by atoms with Crippen molar-refractivity contribution in [3.63, 3.8) is 0 Å². The highest BCUT2D eigenvalue weighted by Crippen LogP contribution is 2.33. The summed E-state index contributed by atoms with van der Waals surface area (Å²) in [7, 11) is 0. The van der Waals surface area contributed by atoms with Gasteiger partial charge in [0.25, 0.3) is 0 Å². The van der Waals surface area contributed by atoms with Gasteiger partial charge in [-0.25, -0.2) is 0 Å². The number of hydrogen-bond donors (Lipinski definition) is 2. The minimum Gasteiger partial charge on any atom is -0.504 e. The van der Waals surface area contributed by atoms with E-state index in [4.69, 9.17) is 4.74 Å². The zero-order chi connectivity index (χ0) is 16.8. The quantitative estimate of drug-likeness (QED) is 0.562. The maximum Gasteiger partial charge on any atom is 0.305 e. The van der Waals surface area contributed by atoms with Gasteiger partial charge in [0.05, 0.1) is 6.61 Å². The van der Waals surface area contributed by atoms with E-state index in [0.29, 0.717) is 18.8 Å². The Balaban J connectivity index is 2.30. The number of carbonyl (C=O) groups is 1. The molecule has 124 valence electrons. The summed E-state index contributed by atoms with van der Waals surface area (Å²) in [5, 5.41) is 18.6. The van der Waals surface area contributed by atoms with Gasteiger partial charge < -0.3 is 14.9 Å². The van der Waals surface area contributed by atoms with E-state index in [-0.39, 0.29) is 29.5 Å². The van der Waals surface area contributed by atoms with Crippen molar-refractivity contribution in [3.05, 3.63) is 23.8 Å². The second kappa shape index (κ2) is 8.06. The van der Waals surface area contributed by atoms with Crippen LogP contribution >= 0.6 is 0 Å². The van der Waals surface area contributed by atoms with E-state index >= 15 is 0 Å². The van der Waals surface area contributed by atoms with Crippen LogP contribution in [0.2, 0.25) is 0 Å². The number of esters is 1. The molecule has 2 N–H and O–H groups in total. The summed E-state index contributed by atoms with van der Waals surface area (Å²) in [6.45, 7) is 9.08. The van der Waals surface area contributed by atoms with Crippen LogP contribution in [0.4, 0.5) is 0 Å². The summed E-state index contributed by atoms with van der Waals surface area (Å²) in [4.78, 5) is 11.8. The molecule has 0 saturated heterocycles. The van der Waals surface area contributed by atoms with Crippen molar-refractivity contribution < 1.29 is 19.7 Å². The van der Waals surface area contributed by atoms with Crippen molar-refractivity contribution in [2.45, 2.75) is 53.4 Å². The van der Waals surface area contributed by atoms with Gasteiger partial charge in [-0.15, -0.1) is 0 Å². The second-order valence-electron chi connectivity index (χ2n) is 6.58. The van der Waals surface area contributed by atoms with E-state index in [1.54, 1.807) is 6.07 Å². The third kappa shape index (κ3) is 5.58. The SMILES string of the molecule is CCC(C)(C)C(C)CCC(=O)OCCc1ccc(O)c(O)c1. The molecule has 4 heteroatoms. The number of hydrogen-bond acceptors (Lipinski definition) is 4. The smallest absolute Gasteiger partial charge is 0.305 e. The lowest BCUT2D eigenvalue weighted by Gasteiger charge is -2.30. The van der Waals surface area contributed by atoms with Crippen LogP contribution in [0, 0.1) is 11.3 Å². The van der Waals surface area contributed by atoms with Crippen LogP contribution < -0.4 is 0 Å². The molecular weight excluding hydrogens is 280 g/mol. The maximum atomic E-state index is 11.8. The van der Waals surface area contributed by atoms with Gasteiger partial charge in [0.2, 0.25) is 0 Å². The van der Waals surface area contributed by atoms with Gasteiger partial charge in [-0.1, -0.05) is 40.2 Å². The largest absolute Gasteiger partial charge is 0.504 e. The number of rotatable bonds is 8. The van der Waals surface area contributed by atoms with Crippen LogP contribution in [0.5, 0.6) is 11.5 Å². The first-order valence-electron chi connectivity index (χ1n) is 7.92. The number of aromatic hydroxyl groups is 2. The van der Waals surface area contributed by atoms with Gasteiger partial charge in [-0.2, -0.15) is 0 Å². The number of ether oxygens (including phenoxy) is 1. The van der Waals surface area contributed by atoms with E-state index in [0.717, 1.165) is 18.4 Å². The molecule has 1 aromatic carbocycles. The lowest BCUT2D eigenvalue weighted by Crippen LogP contribution is -2.21. The summed E-state index contributed by atoms with van der Waals surface area (Å²) < 4.78 is 5.23. The molecule has 0 fully saturated rings. The van der Waals surface area contributed by atoms with Crippen molar-refractivity contribution in [2.24, 2.45) is 11.3 Å². The highest BCUT2D eigenvalue weighted by molar-refractivity contribution is 5.69. The standard InChI is InChI=1S/C18H28O4/c1-5-18(3,4)13(2)6-9-17(21)22-11-10-14-7-8-15(19)16(20)12-14/h7-8,12-13,19-20H,5-6,9-11H2,1-4H3. The van der Waals surface area contributed by atoms with Gasteiger partial charge in [-0.05, 0) is 35.4 Å². The average molecular weight is 308 g/mol. The predicted molar refractivity (Wildman–Crippen MR) is 86.9 cm³/mol. The van der Waals surface area contributed by atoms with Crippen molar-refractivity contribution in [3.8, 4) is 11.5 Å². The molecule has 4 nitrogen and oxygen atoms in total. The highest BCUT2D eigenvalue weighted by Gasteiger charge is 2.24. The molecule has 0 bridgehead atoms. The summed E-state index contributed by atoms with van der Waals surface area (Å²) in [5.74, 6) is -0.00596. The summed E-state index contributed by atoms with van der Waals surface area (Å²) in [6.07, 6.45) is 2.88. The number of benzene rings is 1. The van der Waals surface area contributed by atoms with E-state index in [9.17, 15) is 15.0 Å². The Bertz CT molecular complexity index is 494. The van der Waals surface area contributed by atoms with Gasteiger partial charge in [0, 0.05) is 12.8 Å². The molecule has 0 spiro atoms. The summed E-state index contributed by atoms with van der Waals surface area (Å²) in [6, 6.07) is 4.62. The van der Waals surface area contributed by atoms with E-state index in [1.165, 1.54) is 12.1 Å². The van der Waals surface area contributed by atoms with Gasteiger partial charge in [0.15, 0.2) is 11.5 Å². The van der Waals surface area contributed by atoms with Crippen molar-refractivity contribution in [1.82, 2.24) is 0 Å². The monoisotopic (exact) mass is 308 g/mol. The van der Waals surface area contributed by atoms with Crippen LogP contribution in [0.1, 0.15) is 52.5 Å². The minimum absolute atomic E-state index is 0.145. The van der Waals surface area contributed by atoms with Crippen molar-refractivity contribution in [2.75, 3.05) is 6.61 Å². The maximum absolute atomic E-state index is 11.8. The van der Waals surface area contributed by atoms with Crippen molar-refractivity contribution in [1.29, 1.82) is 0 Å². The lowest BCUT2D eigenvalue weighted by molar-refractivity contribution is -0.144. The Labute approximate surface area is 133 Å². The predicted octanol–water partition coefficient (Wildman–Crippen LogP) is 4.04. The Morgan fingerprint density at radius 1 is 1.27 bits per heavy atom. The Hall–Kier alpha value is -1.71. The average Bonchev–Trinajstić information content (AvgIpc) is 2.48. The number of carbonyl (C=O) groups excluding carboxylic acids is 1. The van der Waals surface area contributed by atoms with Gasteiger partial charge in [0.1, 0.15) is 0 Å². The van der Waals surface area contributed by atoms with Crippen LogP contribution in [0.3, 0.4) is 0 Å². The summed E-state index contributed by atoms with van der Waals surface area (Å²) in [5.41, 5.74) is 1.06. The fourth-order valence-electron chi connectivity index (χ4n) is 2.15. The fraction of sp³-hybridized carbons (Fsp3) is 0.611. The van der Waals surface area contributed by atoms with Crippen LogP contribution in [0.15, 0.2) is 18.2 Å². The molecule has 0 aliphatic carbocycles. The van der Waals surface area contributed by atoms with E-state index in [1.807, 2.05) is 0 Å². The molecule has 0 amide bonds. The Kier molecular flexibility index (Phi) is 6.72. The first kappa shape index (κ1) is 18.3. The second-order valence-corrected chi connectivity index (χ2v) is 6.58. The normalized spacial score (nSPS) is 12.9. The zero-order valence-corrected chi connectivity index (χ0v) is 14.1. The molecule has 1 aromatic rings. The molecule has 0 saturated carbocycles. The van der Waals surface area contributed by atoms with Crippen molar-refractivity contribution >= 4 is 5.97 Å². The molecule has 0 aromatic heterocycles. The minimum atomic E-state index is -0.179. The third-order valence-corrected chi connectivity index (χ3v) is 4.72. The van der Waals surface area contributed by atoms with E-state index in [2.05, 4.69) is 27.7 Å². The number of phenols is 2. The zero-order valence-electron chi connectivity index (χ0n) is 14.1. The van der Waals surface area contributed by atoms with Crippen LogP contribution in [-0.2, 0) is 16.0 Å². The molecule has 1 unspecified atom stereocenters. The first-order chi connectivity index (χ1) is 10.3. The van der Waals surface area contributed by atoms with Gasteiger partial charge in [-0.3, -0.25) is 4.79 Å². The number of phenolic OH excluding ortho intramolecular Hbond substituents is 2. The molecule has 0 radical (unpaired) electrons. The van der Waals surface area contributed by atoms with Crippen LogP contribution in [-0.4, -0.2) is 22.8 Å². The molecular formula is C18H28O4. The molecule has 1 rings (SSSR count). The van der Waals surface area contributed by atoms with Gasteiger partial charge >= 0.3 is 5.97 Å². The molecule has 22 heavy (non-hydrogen) atoms. The Morgan fingerprint density at radius 3 is 2.55 bits per heavy atom. The van der Waals surface area contributed by atoms with Crippen LogP contribution in [0.25, 0.3) is 0 Å². The topological polar surface area (TPSA) is 66.8 Å². The molecule has 0 aliphatic rings. The lowest BCUT2D eigenvalue weighted by atomic mass is 9.76. The molecule has 1 atom stereocenters. The summed E-state index contributed by atoms with van der Waals surface area (Å²) >= 11 is 0. The first-order valence-corrected chi connectivity index (χ1v) is 7.92. The Morgan fingerprint density at radius 2 is 1.95 bits per heavy atom. The molecule has 0 aliphatic heterocycles. The molecule has 0 heterocycles. The highest BCUT2D eigenvalue weighted by atomic mass is 16.5. The third-order valence-electron chi connectivity index (χ3n) is 4.72. The fourth-order valence-corrected chi connectivity index (χ4v) is 2.15. The van der Waals surface area contributed by atoms with E-state index < -0.39 is 0 Å².